The molecule has 0 spiro atoms. The zero-order chi connectivity index (χ0) is 15.9. The number of allylic oxidation sites excluding steroid dienone is 2. The first-order valence-corrected chi connectivity index (χ1v) is 8.27. The predicted octanol–water partition coefficient (Wildman–Crippen LogP) is 4.40. The number of carboxylic acid groups (broad SMARTS) is 1. The maximum atomic E-state index is 10.5. The minimum Gasteiger partial charge on any atom is -0.481 e. The van der Waals surface area contributed by atoms with E-state index in [0.717, 1.165) is 18.8 Å². The Hall–Kier alpha value is -0.830. The number of hydrogen-bond donors (Lipinski definition) is 2. The Morgan fingerprint density at radius 3 is 2.33 bits per heavy atom. The van der Waals surface area contributed by atoms with Crippen molar-refractivity contribution in [2.24, 2.45) is 16.7 Å². The van der Waals surface area contributed by atoms with E-state index in [-0.39, 0.29) is 18.4 Å². The standard InChI is InChI=1S/C18H32O3/c1-17(2,3)15-8-11-18(12-9-15,13-14-19)10-6-4-5-7-16(20)21/h4,6,15,19H,5,7-14H2,1-3H3,(H,20,21). The van der Waals surface area contributed by atoms with Gasteiger partial charge in [0.05, 0.1) is 0 Å². The number of aliphatic hydroxyl groups is 1. The second-order valence-electron chi connectivity index (χ2n) is 7.72. The summed E-state index contributed by atoms with van der Waals surface area (Å²) in [6, 6.07) is 0. The summed E-state index contributed by atoms with van der Waals surface area (Å²) < 4.78 is 0. The fourth-order valence-electron chi connectivity index (χ4n) is 3.55. The lowest BCUT2D eigenvalue weighted by atomic mass is 9.62. The van der Waals surface area contributed by atoms with Crippen LogP contribution in [0.25, 0.3) is 0 Å². The first-order valence-electron chi connectivity index (χ1n) is 8.27. The monoisotopic (exact) mass is 296 g/mol. The van der Waals surface area contributed by atoms with Crippen LogP contribution in [0.1, 0.15) is 72.1 Å². The molecule has 0 saturated heterocycles. The summed E-state index contributed by atoms with van der Waals surface area (Å²) in [5.41, 5.74) is 0.610. The molecular formula is C18H32O3. The molecule has 3 nitrogen and oxygen atoms in total. The SMILES string of the molecule is CC(C)(C)C1CCC(CC=CCCC(=O)O)(CCO)CC1. The highest BCUT2D eigenvalue weighted by Gasteiger charge is 2.37. The molecule has 3 heteroatoms. The van der Waals surface area contributed by atoms with Crippen LogP contribution < -0.4 is 0 Å². The Kier molecular flexibility index (Phi) is 6.92. The van der Waals surface area contributed by atoms with E-state index >= 15 is 0 Å². The highest BCUT2D eigenvalue weighted by atomic mass is 16.4. The number of aliphatic carboxylic acids is 1. The van der Waals surface area contributed by atoms with Crippen LogP contribution in [0.15, 0.2) is 12.2 Å². The number of aliphatic hydroxyl groups excluding tert-OH is 1. The predicted molar refractivity (Wildman–Crippen MR) is 86.2 cm³/mol. The van der Waals surface area contributed by atoms with Crippen LogP contribution in [0.5, 0.6) is 0 Å². The second kappa shape index (κ2) is 7.98. The van der Waals surface area contributed by atoms with Crippen LogP contribution in [0.2, 0.25) is 0 Å². The fraction of sp³-hybridized carbons (Fsp3) is 0.833. The van der Waals surface area contributed by atoms with E-state index in [9.17, 15) is 9.90 Å². The molecular weight excluding hydrogens is 264 g/mol. The van der Waals surface area contributed by atoms with E-state index in [1.165, 1.54) is 25.7 Å². The third-order valence-corrected chi connectivity index (χ3v) is 5.16. The molecule has 0 amide bonds. The van der Waals surface area contributed by atoms with Crippen LogP contribution in [0.3, 0.4) is 0 Å². The van der Waals surface area contributed by atoms with Gasteiger partial charge in [-0.2, -0.15) is 0 Å². The van der Waals surface area contributed by atoms with Crippen molar-refractivity contribution in [3.05, 3.63) is 12.2 Å². The van der Waals surface area contributed by atoms with Gasteiger partial charge in [0, 0.05) is 13.0 Å². The molecule has 1 aliphatic carbocycles. The van der Waals surface area contributed by atoms with Gasteiger partial charge in [-0.3, -0.25) is 4.79 Å². The van der Waals surface area contributed by atoms with Gasteiger partial charge >= 0.3 is 5.97 Å². The molecule has 0 unspecified atom stereocenters. The van der Waals surface area contributed by atoms with Crippen LogP contribution in [0.4, 0.5) is 0 Å². The Bertz CT molecular complexity index is 344. The van der Waals surface area contributed by atoms with Crippen LogP contribution in [-0.2, 0) is 4.79 Å². The zero-order valence-corrected chi connectivity index (χ0v) is 13.9. The Balaban J connectivity index is 2.51. The molecule has 0 bridgehead atoms. The van der Waals surface area contributed by atoms with Crippen molar-refractivity contribution in [1.82, 2.24) is 0 Å². The van der Waals surface area contributed by atoms with Crippen molar-refractivity contribution in [2.45, 2.75) is 72.1 Å². The molecule has 0 atom stereocenters. The van der Waals surface area contributed by atoms with Crippen molar-refractivity contribution < 1.29 is 15.0 Å². The Morgan fingerprint density at radius 2 is 1.86 bits per heavy atom. The van der Waals surface area contributed by atoms with E-state index in [1.807, 2.05) is 6.08 Å². The number of carboxylic acids is 1. The molecule has 0 aromatic carbocycles. The van der Waals surface area contributed by atoms with Gasteiger partial charge in [0.2, 0.25) is 0 Å². The van der Waals surface area contributed by atoms with Gasteiger partial charge in [-0.25, -0.2) is 0 Å². The first kappa shape index (κ1) is 18.2. The molecule has 2 N–H and O–H groups in total. The minimum absolute atomic E-state index is 0.204. The molecule has 1 aliphatic rings. The van der Waals surface area contributed by atoms with Crippen molar-refractivity contribution in [2.75, 3.05) is 6.61 Å². The molecule has 1 rings (SSSR count). The van der Waals surface area contributed by atoms with E-state index < -0.39 is 5.97 Å². The summed E-state index contributed by atoms with van der Waals surface area (Å²) in [4.78, 5) is 10.5. The fourth-order valence-corrected chi connectivity index (χ4v) is 3.55. The smallest absolute Gasteiger partial charge is 0.303 e. The summed E-state index contributed by atoms with van der Waals surface area (Å²) >= 11 is 0. The third-order valence-electron chi connectivity index (χ3n) is 5.16. The molecule has 0 aliphatic heterocycles. The van der Waals surface area contributed by atoms with Gasteiger partial charge in [0.15, 0.2) is 0 Å². The number of carbonyl (C=O) groups is 1. The lowest BCUT2D eigenvalue weighted by molar-refractivity contribution is -0.136. The van der Waals surface area contributed by atoms with E-state index in [0.29, 0.717) is 11.8 Å². The minimum atomic E-state index is -0.740. The van der Waals surface area contributed by atoms with E-state index in [4.69, 9.17) is 5.11 Å². The Labute approximate surface area is 129 Å². The summed E-state index contributed by atoms with van der Waals surface area (Å²) in [5.74, 6) is 0.0377. The lowest BCUT2D eigenvalue weighted by Gasteiger charge is -2.44. The molecule has 0 heterocycles. The lowest BCUT2D eigenvalue weighted by Crippen LogP contribution is -2.33. The average Bonchev–Trinajstić information content (AvgIpc) is 2.38. The van der Waals surface area contributed by atoms with Gasteiger partial charge in [0.25, 0.3) is 0 Å². The van der Waals surface area contributed by atoms with E-state index in [2.05, 4.69) is 26.8 Å². The van der Waals surface area contributed by atoms with Gasteiger partial charge in [-0.15, -0.1) is 0 Å². The molecule has 0 aromatic heterocycles. The normalized spacial score (nSPS) is 27.1. The molecule has 0 radical (unpaired) electrons. The topological polar surface area (TPSA) is 57.5 Å². The highest BCUT2D eigenvalue weighted by molar-refractivity contribution is 5.66. The summed E-state index contributed by atoms with van der Waals surface area (Å²) in [5, 5.41) is 18.0. The summed E-state index contributed by atoms with van der Waals surface area (Å²) in [7, 11) is 0. The molecule has 0 aromatic rings. The quantitative estimate of drug-likeness (QED) is 0.684. The molecule has 1 saturated carbocycles. The zero-order valence-electron chi connectivity index (χ0n) is 13.9. The van der Waals surface area contributed by atoms with Gasteiger partial charge in [-0.05, 0) is 61.7 Å². The van der Waals surface area contributed by atoms with Crippen LogP contribution >= 0.6 is 0 Å². The molecule has 1 fully saturated rings. The van der Waals surface area contributed by atoms with E-state index in [1.54, 1.807) is 0 Å². The van der Waals surface area contributed by atoms with Crippen molar-refractivity contribution >= 4 is 5.97 Å². The summed E-state index contributed by atoms with van der Waals surface area (Å²) in [6.07, 6.45) is 11.6. The molecule has 21 heavy (non-hydrogen) atoms. The van der Waals surface area contributed by atoms with Crippen LogP contribution in [0, 0.1) is 16.7 Å². The maximum absolute atomic E-state index is 10.5. The Morgan fingerprint density at radius 1 is 1.24 bits per heavy atom. The van der Waals surface area contributed by atoms with Crippen molar-refractivity contribution in [3.63, 3.8) is 0 Å². The summed E-state index contributed by atoms with van der Waals surface area (Å²) in [6.45, 7) is 7.22. The number of rotatable bonds is 7. The second-order valence-corrected chi connectivity index (χ2v) is 7.72. The van der Waals surface area contributed by atoms with Crippen molar-refractivity contribution in [3.8, 4) is 0 Å². The maximum Gasteiger partial charge on any atom is 0.303 e. The molecule has 122 valence electrons. The average molecular weight is 296 g/mol. The van der Waals surface area contributed by atoms with Crippen LogP contribution in [-0.4, -0.2) is 22.8 Å². The third kappa shape index (κ3) is 6.21. The van der Waals surface area contributed by atoms with Gasteiger partial charge in [0.1, 0.15) is 0 Å². The van der Waals surface area contributed by atoms with Gasteiger partial charge < -0.3 is 10.2 Å². The number of hydrogen-bond acceptors (Lipinski definition) is 2. The largest absolute Gasteiger partial charge is 0.481 e. The first-order chi connectivity index (χ1) is 9.79. The highest BCUT2D eigenvalue weighted by Crippen LogP contribution is 2.48. The van der Waals surface area contributed by atoms with Gasteiger partial charge in [-0.1, -0.05) is 32.9 Å². The van der Waals surface area contributed by atoms with Crippen molar-refractivity contribution in [1.29, 1.82) is 0 Å².